The number of carbonyl (C=O) groups excluding carboxylic acids is 15. The molecule has 0 bridgehead atoms. The van der Waals surface area contributed by atoms with Crippen LogP contribution in [0.25, 0.3) is 0 Å². The Morgan fingerprint density at radius 2 is 0.888 bits per heavy atom. The number of aromatic amines is 1. The van der Waals surface area contributed by atoms with Crippen molar-refractivity contribution in [3.63, 3.8) is 0 Å². The van der Waals surface area contributed by atoms with Crippen LogP contribution in [0.4, 0.5) is 0 Å². The Labute approximate surface area is 673 Å². The first kappa shape index (κ1) is 92.6. The first-order valence-corrected chi connectivity index (χ1v) is 39.0. The van der Waals surface area contributed by atoms with Crippen molar-refractivity contribution in [1.82, 2.24) is 78.7 Å². The number of amides is 15. The molecule has 2 unspecified atom stereocenters. The molecule has 4 aromatic carbocycles. The van der Waals surface area contributed by atoms with Gasteiger partial charge in [-0.15, -0.1) is 0 Å². The Morgan fingerprint density at radius 1 is 0.466 bits per heavy atom. The molecule has 628 valence electrons. The zero-order chi connectivity index (χ0) is 85.3. The van der Waals surface area contributed by atoms with Crippen LogP contribution < -0.4 is 81.0 Å². The number of hydrogen-bond acceptors (Lipinski definition) is 19. The molecule has 116 heavy (non-hydrogen) atoms. The second-order valence-electron chi connectivity index (χ2n) is 29.3. The van der Waals surface area contributed by atoms with E-state index in [2.05, 4.69) is 73.8 Å². The summed E-state index contributed by atoms with van der Waals surface area (Å²) in [5.41, 5.74) is 19.6. The predicted molar refractivity (Wildman–Crippen MR) is 426 cm³/mol. The molecule has 15 amide bonds. The molecule has 0 radical (unpaired) electrons. The van der Waals surface area contributed by atoms with Gasteiger partial charge >= 0.3 is 0 Å². The maximum atomic E-state index is 15.0. The van der Waals surface area contributed by atoms with Crippen LogP contribution in [-0.2, 0) is 104 Å². The highest BCUT2D eigenvalue weighted by atomic mass is 16.3. The van der Waals surface area contributed by atoms with Gasteiger partial charge in [0.2, 0.25) is 88.6 Å². The normalized spacial score (nSPS) is 15.8. The second kappa shape index (κ2) is 46.2. The van der Waals surface area contributed by atoms with E-state index in [0.717, 1.165) is 6.92 Å². The van der Waals surface area contributed by atoms with E-state index in [0.29, 0.717) is 53.6 Å². The van der Waals surface area contributed by atoms with Crippen molar-refractivity contribution in [2.75, 3.05) is 13.1 Å². The van der Waals surface area contributed by atoms with Crippen molar-refractivity contribution in [2.45, 2.75) is 224 Å². The Hall–Kier alpha value is -12.3. The monoisotopic (exact) mass is 1610 g/mol. The summed E-state index contributed by atoms with van der Waals surface area (Å²) in [7, 11) is 0. The van der Waals surface area contributed by atoms with Gasteiger partial charge in [0, 0.05) is 51.8 Å². The molecule has 1 aliphatic heterocycles. The number of nitrogens with zero attached hydrogens (tertiary/aromatic N) is 2. The van der Waals surface area contributed by atoms with Crippen LogP contribution in [0.1, 0.15) is 141 Å². The number of benzene rings is 4. The predicted octanol–water partition coefficient (Wildman–Crippen LogP) is -0.806. The van der Waals surface area contributed by atoms with Crippen molar-refractivity contribution in [1.29, 1.82) is 0 Å². The molecule has 14 atom stereocenters. The number of phenols is 2. The third kappa shape index (κ3) is 29.3. The van der Waals surface area contributed by atoms with E-state index in [-0.39, 0.29) is 82.4 Å². The zero-order valence-electron chi connectivity index (χ0n) is 66.7. The maximum Gasteiger partial charge on any atom is 0.246 e. The number of aromatic nitrogens is 2. The summed E-state index contributed by atoms with van der Waals surface area (Å²) in [6.07, 6.45) is 3.11. The van der Waals surface area contributed by atoms with Crippen LogP contribution >= 0.6 is 0 Å². The number of likely N-dealkylation sites (tertiary alicyclic amines) is 1. The highest BCUT2D eigenvalue weighted by molar-refractivity contribution is 6.01. The van der Waals surface area contributed by atoms with Gasteiger partial charge in [0.15, 0.2) is 0 Å². The standard InChI is InChI=1S/C81H112N18O17/c1-9-46(6)68(80(115)90-56(10-2)71(106)94-60(38-51-27-31-54(101)32-28-51)74(109)92-59(69(84)104)37-49-21-14-12-15-22-49)98-72(107)57(11-3)89-73(108)58(25-18-19-35-82)91-75(110)62(41-53-43-85-44-86-53)93-70(105)47(7)87-78(113)65-26-20-36-99(65)81(116)64(40-50-23-16-13-17-24-50)96-79(114)67(45(4)5)97-77(112)61(39-52-29-33-55(102)34-30-52)95-76(111)63(42-66(83)103)88-48(8)100/h12-17,21-24,27-34,43-47,56-65,67-68,101-102H,9-11,18-20,25-26,35-42,82H2,1-8H3,(H2,83,103)(H2,84,104)(H,85,86)(H,87,113)(H,88,100)(H,89,108)(H,90,115)(H,91,110)(H,92,109)(H,93,105)(H,94,106)(H,95,111)(H,96,114)(H,97,112)(H,98,107)/t46-,47-,56?,57?,58-,59-,60-,61-,62-,63-,64-,65-,67-,68-/m0/s1. The van der Waals surface area contributed by atoms with Crippen LogP contribution in [0.3, 0.4) is 0 Å². The van der Waals surface area contributed by atoms with Gasteiger partial charge in [0.25, 0.3) is 0 Å². The van der Waals surface area contributed by atoms with Gasteiger partial charge in [-0.25, -0.2) is 4.98 Å². The quantitative estimate of drug-likeness (QED) is 0.0212. The molecule has 6 rings (SSSR count). The fourth-order valence-electron chi connectivity index (χ4n) is 13.0. The first-order valence-electron chi connectivity index (χ1n) is 39.0. The minimum atomic E-state index is -1.47. The van der Waals surface area contributed by atoms with Crippen molar-refractivity contribution in [2.24, 2.45) is 29.0 Å². The van der Waals surface area contributed by atoms with Gasteiger partial charge in [-0.3, -0.25) is 71.9 Å². The lowest BCUT2D eigenvalue weighted by molar-refractivity contribution is -0.142. The number of hydrogen-bond donors (Lipinski definition) is 18. The lowest BCUT2D eigenvalue weighted by Gasteiger charge is -2.31. The molecule has 0 spiro atoms. The summed E-state index contributed by atoms with van der Waals surface area (Å²) in [6.45, 7) is 12.7. The summed E-state index contributed by atoms with van der Waals surface area (Å²) in [5.74, 6) is -13.5. The van der Waals surface area contributed by atoms with Crippen LogP contribution in [0, 0.1) is 11.8 Å². The van der Waals surface area contributed by atoms with Crippen LogP contribution in [-0.4, -0.2) is 205 Å². The molecular formula is C81H112N18O17. The molecule has 35 heteroatoms. The van der Waals surface area contributed by atoms with Crippen molar-refractivity contribution < 1.29 is 82.1 Å². The van der Waals surface area contributed by atoms with E-state index in [1.807, 2.05) is 0 Å². The van der Waals surface area contributed by atoms with Crippen molar-refractivity contribution in [3.05, 3.63) is 150 Å². The molecule has 0 aliphatic carbocycles. The van der Waals surface area contributed by atoms with Gasteiger partial charge in [0.05, 0.1) is 18.4 Å². The zero-order valence-corrected chi connectivity index (χ0v) is 66.7. The van der Waals surface area contributed by atoms with Crippen molar-refractivity contribution >= 4 is 88.6 Å². The third-order valence-corrected chi connectivity index (χ3v) is 19.9. The fraction of sp³-hybridized carbons (Fsp3) is 0.481. The number of rotatable bonds is 46. The van der Waals surface area contributed by atoms with E-state index in [1.165, 1.54) is 60.7 Å². The highest BCUT2D eigenvalue weighted by Crippen LogP contribution is 2.22. The van der Waals surface area contributed by atoms with Crippen molar-refractivity contribution in [3.8, 4) is 11.5 Å². The highest BCUT2D eigenvalue weighted by Gasteiger charge is 2.42. The molecule has 1 aliphatic rings. The summed E-state index contributed by atoms with van der Waals surface area (Å²) in [5, 5.41) is 51.9. The number of nitrogens with two attached hydrogens (primary N) is 3. The number of phenolic OH excluding ortho intramolecular Hbond substituents is 2. The van der Waals surface area contributed by atoms with Gasteiger partial charge in [-0.2, -0.15) is 0 Å². The molecule has 2 heterocycles. The number of unbranched alkanes of at least 4 members (excludes halogenated alkanes) is 1. The van der Waals surface area contributed by atoms with Gasteiger partial charge in [-0.05, 0) is 117 Å². The van der Waals surface area contributed by atoms with E-state index >= 15 is 0 Å². The second-order valence-corrected chi connectivity index (χ2v) is 29.3. The maximum absolute atomic E-state index is 15.0. The first-order chi connectivity index (χ1) is 55.2. The van der Waals surface area contributed by atoms with Gasteiger partial charge in [0.1, 0.15) is 90.0 Å². The molecule has 1 fully saturated rings. The average molecular weight is 1610 g/mol. The Kier molecular flexibility index (Phi) is 36.8. The lowest BCUT2D eigenvalue weighted by Crippen LogP contribution is -2.61. The van der Waals surface area contributed by atoms with Gasteiger partial charge in [-0.1, -0.05) is 133 Å². The minimum Gasteiger partial charge on any atom is -0.508 e. The molecule has 1 aromatic heterocycles. The van der Waals surface area contributed by atoms with E-state index in [9.17, 15) is 82.1 Å². The molecule has 35 nitrogen and oxygen atoms in total. The average Bonchev–Trinajstić information content (AvgIpc) is 1.45. The molecule has 5 aromatic rings. The topological polar surface area (TPSA) is 551 Å². The Balaban J connectivity index is 1.14. The summed E-state index contributed by atoms with van der Waals surface area (Å²) < 4.78 is 0. The number of H-pyrrole nitrogens is 1. The third-order valence-electron chi connectivity index (χ3n) is 19.9. The Morgan fingerprint density at radius 3 is 1.38 bits per heavy atom. The van der Waals surface area contributed by atoms with Crippen LogP contribution in [0.15, 0.2) is 122 Å². The number of carbonyl (C=O) groups is 15. The largest absolute Gasteiger partial charge is 0.508 e. The van der Waals surface area contributed by atoms with E-state index in [1.54, 1.807) is 114 Å². The molecule has 21 N–H and O–H groups in total. The molecular weight excluding hydrogens is 1500 g/mol. The number of primary amides is 2. The Bertz CT molecular complexity index is 4140. The fourth-order valence-corrected chi connectivity index (χ4v) is 13.0. The summed E-state index contributed by atoms with van der Waals surface area (Å²) >= 11 is 0. The van der Waals surface area contributed by atoms with Crippen LogP contribution in [0.2, 0.25) is 0 Å². The lowest BCUT2D eigenvalue weighted by atomic mass is 9.97. The molecule has 1 saturated heterocycles. The number of nitrogens with one attached hydrogen (secondary N) is 13. The number of imidazole rings is 1. The number of aromatic hydroxyl groups is 2. The van der Waals surface area contributed by atoms with Crippen LogP contribution in [0.5, 0.6) is 11.5 Å². The van der Waals surface area contributed by atoms with E-state index in [4.69, 9.17) is 17.2 Å². The summed E-state index contributed by atoms with van der Waals surface area (Å²) in [4.78, 5) is 218. The smallest absolute Gasteiger partial charge is 0.246 e. The van der Waals surface area contributed by atoms with Gasteiger partial charge < -0.3 is 101 Å². The molecule has 0 saturated carbocycles. The minimum absolute atomic E-state index is 0.00551. The SMILES string of the molecule is CCC(NC(=O)[C@H](CCCCN)NC(=O)[C@H](Cc1c[nH]cn1)NC(=O)[C@H](C)NC(=O)[C@@H]1CCCN1C(=O)[C@H](Cc1ccccc1)NC(=O)[C@@H](NC(=O)[C@H](Cc1ccc(O)cc1)NC(=O)[C@H](CC(N)=O)NC(C)=O)C(C)C)C(=O)N[C@H](C(=O)NC(CC)C(=O)N[C@@H](Cc1ccc(O)cc1)C(=O)N[C@@H](Cc1ccccc1)C(N)=O)[C@@H](C)CC. The summed E-state index contributed by atoms with van der Waals surface area (Å²) in [6, 6.07) is 11.7. The van der Waals surface area contributed by atoms with E-state index < -0.39 is 185 Å².